The fourth-order valence-electron chi connectivity index (χ4n) is 3.83. The Hall–Kier alpha value is -0.860. The topological polar surface area (TPSA) is 15.3 Å². The number of nitrogens with zero attached hydrogens (tertiary/aromatic N) is 1. The third-order valence-corrected chi connectivity index (χ3v) is 4.72. The van der Waals surface area contributed by atoms with E-state index in [1.165, 1.54) is 37.8 Å². The molecule has 2 nitrogen and oxygen atoms in total. The van der Waals surface area contributed by atoms with Gasteiger partial charge in [-0.25, -0.2) is 0 Å². The second-order valence-electron chi connectivity index (χ2n) is 6.53. The highest BCUT2D eigenvalue weighted by atomic mass is 15.2. The highest BCUT2D eigenvalue weighted by Gasteiger charge is 2.32. The summed E-state index contributed by atoms with van der Waals surface area (Å²) < 4.78 is 0. The maximum atomic E-state index is 3.78. The van der Waals surface area contributed by atoms with Gasteiger partial charge in [-0.2, -0.15) is 0 Å². The number of likely N-dealkylation sites (N-methyl/N-ethyl adjacent to an activating group) is 1. The molecule has 0 fully saturated rings. The van der Waals surface area contributed by atoms with Crippen molar-refractivity contribution >= 4 is 0 Å². The van der Waals surface area contributed by atoms with Crippen molar-refractivity contribution in [2.24, 2.45) is 0 Å². The molecule has 2 unspecified atom stereocenters. The maximum absolute atomic E-state index is 3.78. The molecule has 2 atom stereocenters. The van der Waals surface area contributed by atoms with Gasteiger partial charge in [-0.15, -0.1) is 0 Å². The van der Waals surface area contributed by atoms with Gasteiger partial charge in [-0.1, -0.05) is 38.1 Å². The molecule has 1 aromatic carbocycles. The minimum Gasteiger partial charge on any atom is -0.309 e. The Labute approximate surface area is 130 Å². The number of fused-ring (bicyclic) bond motifs is 1. The van der Waals surface area contributed by atoms with E-state index in [9.17, 15) is 0 Å². The van der Waals surface area contributed by atoms with Crippen molar-refractivity contribution in [3.63, 3.8) is 0 Å². The van der Waals surface area contributed by atoms with Crippen molar-refractivity contribution < 1.29 is 0 Å². The van der Waals surface area contributed by atoms with Gasteiger partial charge in [0.1, 0.15) is 0 Å². The summed E-state index contributed by atoms with van der Waals surface area (Å²) in [5, 5.41) is 3.78. The van der Waals surface area contributed by atoms with Crippen LogP contribution in [0.5, 0.6) is 0 Å². The van der Waals surface area contributed by atoms with Gasteiger partial charge in [0.15, 0.2) is 0 Å². The molecule has 0 aromatic heterocycles. The normalized spacial score (nSPS) is 22.4. The molecule has 0 radical (unpaired) electrons. The molecule has 1 aliphatic carbocycles. The van der Waals surface area contributed by atoms with Gasteiger partial charge in [0, 0.05) is 18.1 Å². The van der Waals surface area contributed by atoms with Crippen LogP contribution < -0.4 is 5.32 Å². The first-order chi connectivity index (χ1) is 10.2. The van der Waals surface area contributed by atoms with Crippen molar-refractivity contribution in [1.82, 2.24) is 10.2 Å². The van der Waals surface area contributed by atoms with Crippen LogP contribution in [0.2, 0.25) is 0 Å². The van der Waals surface area contributed by atoms with E-state index in [1.807, 2.05) is 0 Å². The minimum atomic E-state index is 0.475. The molecule has 2 rings (SSSR count). The number of rotatable bonds is 6. The molecule has 0 spiro atoms. The van der Waals surface area contributed by atoms with E-state index in [1.54, 1.807) is 5.56 Å². The Balaban J connectivity index is 2.34. The summed E-state index contributed by atoms with van der Waals surface area (Å²) in [6, 6.07) is 10.8. The molecule has 1 aromatic rings. The highest BCUT2D eigenvalue weighted by molar-refractivity contribution is 5.32. The first-order valence-electron chi connectivity index (χ1n) is 8.75. The van der Waals surface area contributed by atoms with Crippen molar-refractivity contribution in [3.05, 3.63) is 35.4 Å². The summed E-state index contributed by atoms with van der Waals surface area (Å²) >= 11 is 0. The fourth-order valence-corrected chi connectivity index (χ4v) is 3.83. The number of nitrogens with one attached hydrogen (secondary N) is 1. The smallest absolute Gasteiger partial charge is 0.0480 e. The first-order valence-corrected chi connectivity index (χ1v) is 8.75. The Morgan fingerprint density at radius 3 is 2.67 bits per heavy atom. The second-order valence-corrected chi connectivity index (χ2v) is 6.53. The zero-order valence-electron chi connectivity index (χ0n) is 14.2. The average molecular weight is 288 g/mol. The third-order valence-electron chi connectivity index (χ3n) is 4.72. The minimum absolute atomic E-state index is 0.475. The quantitative estimate of drug-likeness (QED) is 0.791. The van der Waals surface area contributed by atoms with Gasteiger partial charge in [-0.05, 0) is 63.7 Å². The highest BCUT2D eigenvalue weighted by Crippen LogP contribution is 2.33. The van der Waals surface area contributed by atoms with Gasteiger partial charge in [-0.3, -0.25) is 4.90 Å². The second kappa shape index (κ2) is 7.95. The van der Waals surface area contributed by atoms with E-state index < -0.39 is 0 Å². The summed E-state index contributed by atoms with van der Waals surface area (Å²) in [6.45, 7) is 11.4. The van der Waals surface area contributed by atoms with Crippen molar-refractivity contribution in [1.29, 1.82) is 0 Å². The van der Waals surface area contributed by atoms with E-state index >= 15 is 0 Å². The van der Waals surface area contributed by atoms with Crippen LogP contribution in [0.25, 0.3) is 0 Å². The number of benzene rings is 1. The molecular formula is C19H32N2. The molecule has 0 saturated heterocycles. The van der Waals surface area contributed by atoms with Gasteiger partial charge in [0.2, 0.25) is 0 Å². The molecule has 21 heavy (non-hydrogen) atoms. The molecule has 0 saturated carbocycles. The summed E-state index contributed by atoms with van der Waals surface area (Å²) in [5.74, 6) is 0. The van der Waals surface area contributed by atoms with Gasteiger partial charge < -0.3 is 5.32 Å². The fraction of sp³-hybridized carbons (Fsp3) is 0.684. The molecule has 0 bridgehead atoms. The van der Waals surface area contributed by atoms with Crippen molar-refractivity contribution in [2.45, 2.75) is 71.5 Å². The molecule has 0 amide bonds. The largest absolute Gasteiger partial charge is 0.309 e. The molecule has 0 aliphatic heterocycles. The van der Waals surface area contributed by atoms with Crippen molar-refractivity contribution in [2.75, 3.05) is 13.1 Å². The lowest BCUT2D eigenvalue weighted by Gasteiger charge is -2.39. The van der Waals surface area contributed by atoms with Crippen LogP contribution in [-0.2, 0) is 6.42 Å². The van der Waals surface area contributed by atoms with E-state index in [-0.39, 0.29) is 0 Å². The Bertz CT molecular complexity index is 427. The van der Waals surface area contributed by atoms with Crippen LogP contribution in [-0.4, -0.2) is 30.1 Å². The molecule has 1 N–H and O–H groups in total. The van der Waals surface area contributed by atoms with E-state index in [4.69, 9.17) is 0 Å². The number of aryl methyl sites for hydroxylation is 1. The van der Waals surface area contributed by atoms with Crippen molar-refractivity contribution in [3.8, 4) is 0 Å². The van der Waals surface area contributed by atoms with Crippen LogP contribution in [0.1, 0.15) is 64.1 Å². The monoisotopic (exact) mass is 288 g/mol. The van der Waals surface area contributed by atoms with Crippen LogP contribution in [0.15, 0.2) is 24.3 Å². The number of hydrogen-bond acceptors (Lipinski definition) is 2. The molecule has 0 heterocycles. The molecule has 118 valence electrons. The van der Waals surface area contributed by atoms with E-state index in [0.717, 1.165) is 6.54 Å². The van der Waals surface area contributed by atoms with Crippen LogP contribution >= 0.6 is 0 Å². The Morgan fingerprint density at radius 2 is 2.00 bits per heavy atom. The maximum Gasteiger partial charge on any atom is 0.0480 e. The number of hydrogen-bond donors (Lipinski definition) is 1. The zero-order valence-corrected chi connectivity index (χ0v) is 14.2. The Kier molecular flexibility index (Phi) is 6.25. The zero-order chi connectivity index (χ0) is 15.2. The molecule has 2 heteroatoms. The van der Waals surface area contributed by atoms with Gasteiger partial charge >= 0.3 is 0 Å². The summed E-state index contributed by atoms with van der Waals surface area (Å²) in [6.07, 6.45) is 5.06. The van der Waals surface area contributed by atoms with Gasteiger partial charge in [0.05, 0.1) is 0 Å². The SMILES string of the molecule is CCCN(C(C)C)C1CCCc2ccccc2C1NCC. The summed E-state index contributed by atoms with van der Waals surface area (Å²) in [5.41, 5.74) is 3.08. The van der Waals surface area contributed by atoms with Gasteiger partial charge in [0.25, 0.3) is 0 Å². The van der Waals surface area contributed by atoms with Crippen LogP contribution in [0.3, 0.4) is 0 Å². The summed E-state index contributed by atoms with van der Waals surface area (Å²) in [7, 11) is 0. The lowest BCUT2D eigenvalue weighted by atomic mass is 9.94. The lowest BCUT2D eigenvalue weighted by Crippen LogP contribution is -2.48. The third kappa shape index (κ3) is 3.87. The average Bonchev–Trinajstić information content (AvgIpc) is 2.65. The Morgan fingerprint density at radius 1 is 1.24 bits per heavy atom. The predicted octanol–water partition coefficient (Wildman–Crippen LogP) is 4.16. The van der Waals surface area contributed by atoms with E-state index in [2.05, 4.69) is 62.2 Å². The predicted molar refractivity (Wildman–Crippen MR) is 91.7 cm³/mol. The van der Waals surface area contributed by atoms with E-state index in [0.29, 0.717) is 18.1 Å². The summed E-state index contributed by atoms with van der Waals surface area (Å²) in [4.78, 5) is 2.72. The molecule has 1 aliphatic rings. The first kappa shape index (κ1) is 16.5. The van der Waals surface area contributed by atoms with Crippen LogP contribution in [0, 0.1) is 0 Å². The standard InChI is InChI=1S/C19H32N2/c1-5-14-21(15(3)4)18-13-9-11-16-10-7-8-12-17(16)19(18)20-6-2/h7-8,10,12,15,18-20H,5-6,9,11,13-14H2,1-4H3. The molecular weight excluding hydrogens is 256 g/mol. The lowest BCUT2D eigenvalue weighted by molar-refractivity contribution is 0.113. The van der Waals surface area contributed by atoms with Crippen LogP contribution in [0.4, 0.5) is 0 Å².